The molecule has 2 unspecified atom stereocenters. The Morgan fingerprint density at radius 2 is 1.48 bits per heavy atom. The highest BCUT2D eigenvalue weighted by Crippen LogP contribution is 2.36. The van der Waals surface area contributed by atoms with Crippen LogP contribution in [0.25, 0.3) is 0 Å². The lowest BCUT2D eigenvalue weighted by atomic mass is 9.95. The summed E-state index contributed by atoms with van der Waals surface area (Å²) in [6.07, 6.45) is 0. The van der Waals surface area contributed by atoms with Crippen LogP contribution in [-0.2, 0) is 0 Å². The molecule has 0 bridgehead atoms. The summed E-state index contributed by atoms with van der Waals surface area (Å²) in [5.41, 5.74) is 0.711. The Balaban J connectivity index is 1.75. The van der Waals surface area contributed by atoms with Crippen LogP contribution in [0.5, 0.6) is 17.2 Å². The van der Waals surface area contributed by atoms with Crippen LogP contribution >= 0.6 is 0 Å². The first-order chi connectivity index (χ1) is 18.9. The van der Waals surface area contributed by atoms with Gasteiger partial charge in [0.15, 0.2) is 17.4 Å². The summed E-state index contributed by atoms with van der Waals surface area (Å²) in [5, 5.41) is 6.53. The van der Waals surface area contributed by atoms with E-state index < -0.39 is 40.2 Å². The molecule has 0 saturated heterocycles. The minimum absolute atomic E-state index is 0.00773. The summed E-state index contributed by atoms with van der Waals surface area (Å²) in [4.78, 5) is 24.6. The van der Waals surface area contributed by atoms with Gasteiger partial charge in [0.2, 0.25) is 0 Å². The van der Waals surface area contributed by atoms with Crippen LogP contribution in [0.2, 0.25) is 0 Å². The largest absolute Gasteiger partial charge is 0.497 e. The zero-order valence-electron chi connectivity index (χ0n) is 23.2. The van der Waals surface area contributed by atoms with E-state index in [1.165, 1.54) is 6.07 Å². The fraction of sp³-hybridized carbons (Fsp3) is 0.290. The van der Waals surface area contributed by atoms with Crippen molar-refractivity contribution in [2.24, 2.45) is 0 Å². The Hall–Kier alpha value is -4.24. The highest BCUT2D eigenvalue weighted by Gasteiger charge is 2.28. The Morgan fingerprint density at radius 3 is 2.08 bits per heavy atom. The van der Waals surface area contributed by atoms with Gasteiger partial charge in [-0.05, 0) is 81.3 Å². The fourth-order valence-electron chi connectivity index (χ4n) is 4.36. The predicted octanol–water partition coefficient (Wildman–Crippen LogP) is 5.94. The molecule has 0 radical (unpaired) electrons. The van der Waals surface area contributed by atoms with Gasteiger partial charge in [-0.15, -0.1) is 0 Å². The zero-order valence-corrected chi connectivity index (χ0v) is 23.2. The van der Waals surface area contributed by atoms with E-state index in [9.17, 15) is 18.4 Å². The molecule has 7 nitrogen and oxygen atoms in total. The van der Waals surface area contributed by atoms with Crippen LogP contribution in [0.4, 0.5) is 20.2 Å². The van der Waals surface area contributed by atoms with Crippen molar-refractivity contribution in [1.29, 1.82) is 0 Å². The summed E-state index contributed by atoms with van der Waals surface area (Å²) in [7, 11) is 3.12. The van der Waals surface area contributed by atoms with Crippen LogP contribution in [0, 0.1) is 11.6 Å². The molecule has 2 N–H and O–H groups in total. The van der Waals surface area contributed by atoms with E-state index in [4.69, 9.17) is 14.2 Å². The van der Waals surface area contributed by atoms with Gasteiger partial charge in [0.05, 0.1) is 20.3 Å². The number of rotatable bonds is 10. The molecule has 2 atom stereocenters. The highest BCUT2D eigenvalue weighted by atomic mass is 19.2. The van der Waals surface area contributed by atoms with Gasteiger partial charge in [0, 0.05) is 17.3 Å². The minimum atomic E-state index is -0.933. The third-order valence-electron chi connectivity index (χ3n) is 6.39. The Labute approximate surface area is 231 Å². The number of hydrogen-bond acceptors (Lipinski definition) is 7. The molecule has 0 aromatic heterocycles. The Kier molecular flexibility index (Phi) is 8.25. The van der Waals surface area contributed by atoms with Crippen molar-refractivity contribution in [2.75, 3.05) is 19.5 Å². The Morgan fingerprint density at radius 1 is 0.800 bits per heavy atom. The summed E-state index contributed by atoms with van der Waals surface area (Å²) in [6, 6.07) is 15.6. The first kappa shape index (κ1) is 28.8. The molecule has 0 fully saturated rings. The van der Waals surface area contributed by atoms with Gasteiger partial charge in [-0.1, -0.05) is 18.2 Å². The monoisotopic (exact) mass is 550 g/mol. The fourth-order valence-corrected chi connectivity index (χ4v) is 4.36. The smallest absolute Gasteiger partial charge is 0.272 e. The second-order valence-electron chi connectivity index (χ2n) is 10.4. The number of hydrogen-bond donors (Lipinski definition) is 2. The van der Waals surface area contributed by atoms with E-state index in [0.29, 0.717) is 28.3 Å². The van der Waals surface area contributed by atoms with Gasteiger partial charge < -0.3 is 19.5 Å². The number of halogens is 2. The average molecular weight is 551 g/mol. The Bertz CT molecular complexity index is 1570. The maximum atomic E-state index is 14.0. The van der Waals surface area contributed by atoms with E-state index in [2.05, 4.69) is 10.6 Å². The van der Waals surface area contributed by atoms with Crippen molar-refractivity contribution in [3.63, 3.8) is 0 Å². The molecular formula is C31H32F2N2O5. The maximum Gasteiger partial charge on any atom is 0.272 e. The first-order valence-electron chi connectivity index (χ1n) is 12.7. The van der Waals surface area contributed by atoms with Crippen molar-refractivity contribution in [3.8, 4) is 17.2 Å². The van der Waals surface area contributed by atoms with Crippen molar-refractivity contribution in [1.82, 2.24) is 5.32 Å². The third kappa shape index (κ3) is 6.15. The van der Waals surface area contributed by atoms with E-state index in [1.807, 2.05) is 31.2 Å². The number of ether oxygens (including phenoxy) is 3. The van der Waals surface area contributed by atoms with Crippen molar-refractivity contribution in [2.45, 2.75) is 45.4 Å². The number of methoxy groups -OCH3 is 2. The molecule has 4 rings (SSSR count). The van der Waals surface area contributed by atoms with Crippen LogP contribution in [0.1, 0.15) is 56.5 Å². The van der Waals surface area contributed by atoms with E-state index >= 15 is 0 Å². The lowest BCUT2D eigenvalue weighted by Crippen LogP contribution is -2.39. The zero-order chi connectivity index (χ0) is 29.2. The molecule has 0 aliphatic heterocycles. The molecule has 0 aliphatic carbocycles. The van der Waals surface area contributed by atoms with Gasteiger partial charge >= 0.3 is 0 Å². The SMILES string of the molecule is COc1ccc(C(NC(C)c2ccc(F)c(F)c2)c2cc(Nc3c(OC(C)(C)C)c(=O)c3=O)ccc2OC)cc1. The highest BCUT2D eigenvalue weighted by molar-refractivity contribution is 5.71. The normalized spacial score (nSPS) is 13.1. The van der Waals surface area contributed by atoms with Gasteiger partial charge in [0.1, 0.15) is 22.8 Å². The molecule has 0 aliphatic rings. The molecule has 4 aromatic carbocycles. The molecule has 0 saturated carbocycles. The third-order valence-corrected chi connectivity index (χ3v) is 6.39. The summed E-state index contributed by atoms with van der Waals surface area (Å²) >= 11 is 0. The quantitative estimate of drug-likeness (QED) is 0.237. The van der Waals surface area contributed by atoms with Crippen molar-refractivity contribution < 1.29 is 23.0 Å². The van der Waals surface area contributed by atoms with Crippen molar-refractivity contribution >= 4 is 11.4 Å². The molecule has 0 spiro atoms. The summed E-state index contributed by atoms with van der Waals surface area (Å²) in [6.45, 7) is 7.22. The minimum Gasteiger partial charge on any atom is -0.497 e. The van der Waals surface area contributed by atoms with E-state index in [-0.39, 0.29) is 11.4 Å². The predicted molar refractivity (Wildman–Crippen MR) is 151 cm³/mol. The van der Waals surface area contributed by atoms with Crippen LogP contribution in [-0.4, -0.2) is 19.8 Å². The summed E-state index contributed by atoms with van der Waals surface area (Å²) < 4.78 is 44.3. The van der Waals surface area contributed by atoms with E-state index in [1.54, 1.807) is 53.2 Å². The average Bonchev–Trinajstić information content (AvgIpc) is 2.94. The second kappa shape index (κ2) is 11.5. The van der Waals surface area contributed by atoms with Crippen LogP contribution in [0.3, 0.4) is 0 Å². The molecule has 4 aromatic rings. The lowest BCUT2D eigenvalue weighted by molar-refractivity contribution is 0.128. The number of benzene rings is 3. The number of nitrogens with one attached hydrogen (secondary N) is 2. The van der Waals surface area contributed by atoms with E-state index in [0.717, 1.165) is 17.7 Å². The number of anilines is 2. The summed E-state index contributed by atoms with van der Waals surface area (Å²) in [5.74, 6) is -0.641. The molecule has 210 valence electrons. The topological polar surface area (TPSA) is 85.9 Å². The molecule has 40 heavy (non-hydrogen) atoms. The molecular weight excluding hydrogens is 518 g/mol. The molecule has 0 amide bonds. The van der Waals surface area contributed by atoms with Gasteiger partial charge in [0.25, 0.3) is 10.9 Å². The first-order valence-corrected chi connectivity index (χ1v) is 12.7. The maximum absolute atomic E-state index is 14.0. The van der Waals surface area contributed by atoms with Crippen LogP contribution < -0.4 is 35.7 Å². The second-order valence-corrected chi connectivity index (χ2v) is 10.4. The standard InChI is InChI=1S/C31H32F2N2O5/c1-17(19-9-13-23(32)24(33)15-19)34-26(18-7-11-21(38-5)12-8-18)22-16-20(10-14-25(22)39-6)35-27-28(36)29(37)30(27)40-31(2,3)4/h7-17,26,34-35H,1-6H3. The van der Waals surface area contributed by atoms with Gasteiger partial charge in [-0.2, -0.15) is 0 Å². The van der Waals surface area contributed by atoms with Crippen molar-refractivity contribution in [3.05, 3.63) is 109 Å². The lowest BCUT2D eigenvalue weighted by Gasteiger charge is -2.27. The van der Waals surface area contributed by atoms with Gasteiger partial charge in [-0.25, -0.2) is 8.78 Å². The van der Waals surface area contributed by atoms with Crippen LogP contribution in [0.15, 0.2) is 70.3 Å². The molecule has 0 heterocycles. The molecule has 9 heteroatoms. The van der Waals surface area contributed by atoms with Gasteiger partial charge in [-0.3, -0.25) is 14.9 Å².